The van der Waals surface area contributed by atoms with Crippen LogP contribution in [0.4, 0.5) is 0 Å². The summed E-state index contributed by atoms with van der Waals surface area (Å²) in [6, 6.07) is 10.1. The number of ether oxygens (including phenoxy) is 1. The normalized spacial score (nSPS) is 15.5. The zero-order valence-corrected chi connectivity index (χ0v) is 12.9. The number of aliphatic hydroxyl groups is 1. The van der Waals surface area contributed by atoms with Gasteiger partial charge >= 0.3 is 0 Å². The second-order valence-corrected chi connectivity index (χ2v) is 6.23. The highest BCUT2D eigenvalue weighted by Crippen LogP contribution is 2.39. The van der Waals surface area contributed by atoms with Crippen LogP contribution in [0.2, 0.25) is 0 Å². The molecule has 0 fully saturated rings. The van der Waals surface area contributed by atoms with Crippen molar-refractivity contribution < 1.29 is 9.84 Å². The molecule has 1 rings (SSSR count). The zero-order chi connectivity index (χ0) is 14.5. The Morgan fingerprint density at radius 3 is 2.21 bits per heavy atom. The molecule has 0 aliphatic rings. The molecular weight excluding hydrogens is 236 g/mol. The Morgan fingerprint density at radius 2 is 1.74 bits per heavy atom. The SMILES string of the molecule is CCCC(O)(OCC(C)C)C(C)(C)c1ccccc1. The standard InChI is InChI=1S/C17H28O2/c1-6-12-17(18,19-13-14(2)3)16(4,5)15-10-8-7-9-11-15/h7-11,14,18H,6,12-13H2,1-5H3. The van der Waals surface area contributed by atoms with E-state index in [0.717, 1.165) is 12.0 Å². The second kappa shape index (κ2) is 6.53. The minimum atomic E-state index is -1.12. The maximum atomic E-state index is 11.0. The molecule has 1 N–H and O–H groups in total. The molecule has 1 aromatic carbocycles. The lowest BCUT2D eigenvalue weighted by molar-refractivity contribution is -0.250. The van der Waals surface area contributed by atoms with E-state index in [0.29, 0.717) is 18.9 Å². The van der Waals surface area contributed by atoms with Crippen LogP contribution in [-0.4, -0.2) is 17.5 Å². The lowest BCUT2D eigenvalue weighted by Gasteiger charge is -2.43. The molecule has 0 heterocycles. The van der Waals surface area contributed by atoms with Gasteiger partial charge in [-0.1, -0.05) is 71.4 Å². The molecule has 1 unspecified atom stereocenters. The summed E-state index contributed by atoms with van der Waals surface area (Å²) >= 11 is 0. The van der Waals surface area contributed by atoms with Crippen LogP contribution in [-0.2, 0) is 10.2 Å². The van der Waals surface area contributed by atoms with E-state index < -0.39 is 11.2 Å². The average Bonchev–Trinajstić information content (AvgIpc) is 2.37. The van der Waals surface area contributed by atoms with Crippen LogP contribution in [0.15, 0.2) is 30.3 Å². The molecule has 0 saturated heterocycles. The van der Waals surface area contributed by atoms with Gasteiger partial charge in [0, 0.05) is 11.8 Å². The Morgan fingerprint density at radius 1 is 1.16 bits per heavy atom. The highest BCUT2D eigenvalue weighted by Gasteiger charge is 2.45. The van der Waals surface area contributed by atoms with Gasteiger partial charge in [0.15, 0.2) is 5.79 Å². The molecule has 108 valence electrons. The molecule has 1 atom stereocenters. The summed E-state index contributed by atoms with van der Waals surface area (Å²) in [6.07, 6.45) is 1.53. The van der Waals surface area contributed by atoms with E-state index in [1.807, 2.05) is 18.2 Å². The van der Waals surface area contributed by atoms with E-state index >= 15 is 0 Å². The summed E-state index contributed by atoms with van der Waals surface area (Å²) in [7, 11) is 0. The van der Waals surface area contributed by atoms with Crippen LogP contribution in [0.1, 0.15) is 53.0 Å². The van der Waals surface area contributed by atoms with E-state index in [4.69, 9.17) is 4.74 Å². The first-order valence-corrected chi connectivity index (χ1v) is 7.25. The summed E-state index contributed by atoms with van der Waals surface area (Å²) in [5, 5.41) is 11.0. The van der Waals surface area contributed by atoms with Crippen LogP contribution >= 0.6 is 0 Å². The molecule has 0 bridgehead atoms. The Kier molecular flexibility index (Phi) is 5.57. The van der Waals surface area contributed by atoms with Crippen LogP contribution in [0.5, 0.6) is 0 Å². The fourth-order valence-corrected chi connectivity index (χ4v) is 2.29. The van der Waals surface area contributed by atoms with Gasteiger partial charge in [-0.3, -0.25) is 0 Å². The van der Waals surface area contributed by atoms with Gasteiger partial charge in [-0.2, -0.15) is 0 Å². The minimum absolute atomic E-state index is 0.412. The van der Waals surface area contributed by atoms with E-state index in [-0.39, 0.29) is 0 Å². The largest absolute Gasteiger partial charge is 0.365 e. The Labute approximate surface area is 117 Å². The maximum absolute atomic E-state index is 11.0. The van der Waals surface area contributed by atoms with Gasteiger partial charge in [-0.15, -0.1) is 0 Å². The van der Waals surface area contributed by atoms with Crippen molar-refractivity contribution >= 4 is 0 Å². The third-order valence-corrected chi connectivity index (χ3v) is 3.72. The van der Waals surface area contributed by atoms with E-state index in [9.17, 15) is 5.11 Å². The third kappa shape index (κ3) is 3.80. The Balaban J connectivity index is 3.02. The molecule has 0 radical (unpaired) electrons. The number of hydrogen-bond acceptors (Lipinski definition) is 2. The van der Waals surface area contributed by atoms with Gasteiger partial charge < -0.3 is 9.84 Å². The fraction of sp³-hybridized carbons (Fsp3) is 0.647. The molecule has 0 aliphatic carbocycles. The van der Waals surface area contributed by atoms with Gasteiger partial charge in [0.2, 0.25) is 0 Å². The van der Waals surface area contributed by atoms with Crippen molar-refractivity contribution in [1.82, 2.24) is 0 Å². The lowest BCUT2D eigenvalue weighted by atomic mass is 9.75. The van der Waals surface area contributed by atoms with Gasteiger partial charge in [0.05, 0.1) is 6.61 Å². The highest BCUT2D eigenvalue weighted by atomic mass is 16.6. The summed E-state index contributed by atoms with van der Waals surface area (Å²) in [5.41, 5.74) is 0.675. The van der Waals surface area contributed by atoms with Crippen LogP contribution < -0.4 is 0 Å². The van der Waals surface area contributed by atoms with Crippen molar-refractivity contribution in [2.75, 3.05) is 6.61 Å². The first-order valence-electron chi connectivity index (χ1n) is 7.25. The predicted molar refractivity (Wildman–Crippen MR) is 80.1 cm³/mol. The van der Waals surface area contributed by atoms with Gasteiger partial charge in [-0.05, 0) is 11.5 Å². The van der Waals surface area contributed by atoms with E-state index in [1.165, 1.54) is 0 Å². The van der Waals surface area contributed by atoms with Crippen molar-refractivity contribution in [2.24, 2.45) is 5.92 Å². The monoisotopic (exact) mass is 264 g/mol. The molecule has 0 amide bonds. The first-order chi connectivity index (χ1) is 8.83. The predicted octanol–water partition coefficient (Wildman–Crippen LogP) is 4.13. The summed E-state index contributed by atoms with van der Waals surface area (Å²) in [5.74, 6) is -0.706. The average molecular weight is 264 g/mol. The molecule has 0 spiro atoms. The smallest absolute Gasteiger partial charge is 0.174 e. The molecule has 19 heavy (non-hydrogen) atoms. The van der Waals surface area contributed by atoms with Gasteiger partial charge in [-0.25, -0.2) is 0 Å². The molecule has 2 heteroatoms. The van der Waals surface area contributed by atoms with E-state index in [2.05, 4.69) is 46.8 Å². The van der Waals surface area contributed by atoms with Crippen LogP contribution in [0.3, 0.4) is 0 Å². The van der Waals surface area contributed by atoms with Crippen molar-refractivity contribution in [3.8, 4) is 0 Å². The van der Waals surface area contributed by atoms with Gasteiger partial charge in [0.25, 0.3) is 0 Å². The molecule has 0 aliphatic heterocycles. The fourth-order valence-electron chi connectivity index (χ4n) is 2.29. The zero-order valence-electron chi connectivity index (χ0n) is 12.9. The van der Waals surface area contributed by atoms with Crippen molar-refractivity contribution in [1.29, 1.82) is 0 Å². The molecule has 2 nitrogen and oxygen atoms in total. The first kappa shape index (κ1) is 16.2. The topological polar surface area (TPSA) is 29.5 Å². The third-order valence-electron chi connectivity index (χ3n) is 3.72. The molecule has 1 aromatic rings. The summed E-state index contributed by atoms with van der Waals surface area (Å²) in [4.78, 5) is 0. The Bertz CT molecular complexity index is 370. The Hall–Kier alpha value is -0.860. The van der Waals surface area contributed by atoms with Crippen molar-refractivity contribution in [3.05, 3.63) is 35.9 Å². The number of benzene rings is 1. The molecule has 0 aromatic heterocycles. The van der Waals surface area contributed by atoms with E-state index in [1.54, 1.807) is 0 Å². The van der Waals surface area contributed by atoms with Crippen molar-refractivity contribution in [2.45, 2.75) is 58.7 Å². The molecule has 0 saturated carbocycles. The maximum Gasteiger partial charge on any atom is 0.174 e. The van der Waals surface area contributed by atoms with Crippen LogP contribution in [0.25, 0.3) is 0 Å². The summed E-state index contributed by atoms with van der Waals surface area (Å²) in [6.45, 7) is 11.0. The molecular formula is C17H28O2. The summed E-state index contributed by atoms with van der Waals surface area (Å²) < 4.78 is 5.91. The lowest BCUT2D eigenvalue weighted by Crippen LogP contribution is -2.50. The number of hydrogen-bond donors (Lipinski definition) is 1. The number of rotatable bonds is 7. The van der Waals surface area contributed by atoms with Crippen LogP contribution in [0, 0.1) is 5.92 Å². The van der Waals surface area contributed by atoms with Crippen molar-refractivity contribution in [3.63, 3.8) is 0 Å². The minimum Gasteiger partial charge on any atom is -0.365 e. The highest BCUT2D eigenvalue weighted by molar-refractivity contribution is 5.26. The quantitative estimate of drug-likeness (QED) is 0.750. The van der Waals surface area contributed by atoms with Gasteiger partial charge in [0.1, 0.15) is 0 Å². The second-order valence-electron chi connectivity index (χ2n) is 6.23.